The van der Waals surface area contributed by atoms with E-state index in [1.54, 1.807) is 31.4 Å². The molecule has 0 saturated carbocycles. The van der Waals surface area contributed by atoms with E-state index in [2.05, 4.69) is 5.32 Å². The Labute approximate surface area is 139 Å². The third-order valence-corrected chi connectivity index (χ3v) is 6.60. The van der Waals surface area contributed by atoms with Crippen molar-refractivity contribution in [3.05, 3.63) is 52.5 Å². The van der Waals surface area contributed by atoms with Crippen LogP contribution in [0.2, 0.25) is 0 Å². The number of hydrogen-bond donors (Lipinski definition) is 1. The number of carbonyl (C=O) groups excluding carboxylic acids is 1. The molecule has 1 heterocycles. The second-order valence-electron chi connectivity index (χ2n) is 5.40. The van der Waals surface area contributed by atoms with Gasteiger partial charge in [-0.15, -0.1) is 11.3 Å². The van der Waals surface area contributed by atoms with Crippen LogP contribution in [0.25, 0.3) is 0 Å². The molecule has 1 aromatic carbocycles. The molecule has 0 aliphatic carbocycles. The van der Waals surface area contributed by atoms with Crippen LogP contribution in [0.3, 0.4) is 0 Å². The van der Waals surface area contributed by atoms with Crippen LogP contribution in [-0.4, -0.2) is 20.9 Å². The molecule has 0 spiro atoms. The van der Waals surface area contributed by atoms with Crippen molar-refractivity contribution in [3.63, 3.8) is 0 Å². The highest BCUT2D eigenvalue weighted by atomic mass is 32.2. The number of rotatable bonds is 6. The summed E-state index contributed by atoms with van der Waals surface area (Å²) >= 11 is 1.31. The number of thiophene rings is 1. The quantitative estimate of drug-likeness (QED) is 0.810. The van der Waals surface area contributed by atoms with Crippen LogP contribution in [0.15, 0.2) is 46.7 Å². The summed E-state index contributed by atoms with van der Waals surface area (Å²) in [7, 11) is -3.73. The summed E-state index contributed by atoms with van der Waals surface area (Å²) in [5, 5.41) is 3.56. The van der Waals surface area contributed by atoms with Crippen molar-refractivity contribution in [1.82, 2.24) is 5.32 Å². The SMILES string of the molecule is CC(C)C(=O)NC[C@@H](c1cccs1)S(=O)(=O)c1ccc(F)cc1. The van der Waals surface area contributed by atoms with Gasteiger partial charge in [0.15, 0.2) is 9.84 Å². The molecule has 1 atom stereocenters. The fourth-order valence-electron chi connectivity index (χ4n) is 2.02. The largest absolute Gasteiger partial charge is 0.354 e. The highest BCUT2D eigenvalue weighted by Gasteiger charge is 2.30. The summed E-state index contributed by atoms with van der Waals surface area (Å²) in [5.41, 5.74) is 0. The van der Waals surface area contributed by atoms with Crippen molar-refractivity contribution in [3.8, 4) is 0 Å². The van der Waals surface area contributed by atoms with E-state index in [4.69, 9.17) is 0 Å². The highest BCUT2D eigenvalue weighted by Crippen LogP contribution is 2.31. The van der Waals surface area contributed by atoms with Gasteiger partial charge in [0, 0.05) is 17.3 Å². The first-order chi connectivity index (χ1) is 10.8. The number of sulfone groups is 1. The summed E-state index contributed by atoms with van der Waals surface area (Å²) in [6, 6.07) is 8.20. The summed E-state index contributed by atoms with van der Waals surface area (Å²) in [6.45, 7) is 3.46. The number of nitrogens with one attached hydrogen (secondary N) is 1. The minimum atomic E-state index is -3.73. The van der Waals surface area contributed by atoms with Gasteiger partial charge in [0.1, 0.15) is 11.1 Å². The smallest absolute Gasteiger partial charge is 0.222 e. The molecule has 0 unspecified atom stereocenters. The zero-order chi connectivity index (χ0) is 17.0. The predicted octanol–water partition coefficient (Wildman–Crippen LogP) is 3.17. The second kappa shape index (κ2) is 7.23. The first kappa shape index (κ1) is 17.6. The number of carbonyl (C=O) groups is 1. The lowest BCUT2D eigenvalue weighted by atomic mass is 10.2. The fourth-order valence-corrected chi connectivity index (χ4v) is 4.81. The van der Waals surface area contributed by atoms with E-state index in [9.17, 15) is 17.6 Å². The standard InChI is InChI=1S/C16H18FNO3S2/c1-11(2)16(19)18-10-15(14-4-3-9-22-14)23(20,21)13-7-5-12(17)6-8-13/h3-9,11,15H,10H2,1-2H3,(H,18,19)/t15-/m0/s1. The first-order valence-electron chi connectivity index (χ1n) is 7.13. The lowest BCUT2D eigenvalue weighted by molar-refractivity contribution is -0.123. The van der Waals surface area contributed by atoms with E-state index >= 15 is 0 Å². The van der Waals surface area contributed by atoms with Crippen LogP contribution in [0.5, 0.6) is 0 Å². The summed E-state index contributed by atoms with van der Waals surface area (Å²) < 4.78 is 38.8. The average Bonchev–Trinajstić information content (AvgIpc) is 3.01. The Kier molecular flexibility index (Phi) is 5.54. The molecule has 2 rings (SSSR count). The van der Waals surface area contributed by atoms with Gasteiger partial charge in [-0.05, 0) is 35.7 Å². The molecular weight excluding hydrogens is 337 g/mol. The van der Waals surface area contributed by atoms with Gasteiger partial charge in [0.2, 0.25) is 5.91 Å². The van der Waals surface area contributed by atoms with Crippen molar-refractivity contribution >= 4 is 27.1 Å². The third kappa shape index (κ3) is 4.17. The monoisotopic (exact) mass is 355 g/mol. The van der Waals surface area contributed by atoms with Crippen molar-refractivity contribution in [2.45, 2.75) is 24.0 Å². The van der Waals surface area contributed by atoms with Gasteiger partial charge in [-0.1, -0.05) is 19.9 Å². The van der Waals surface area contributed by atoms with Gasteiger partial charge in [0.25, 0.3) is 0 Å². The molecule has 4 nitrogen and oxygen atoms in total. The molecule has 0 aliphatic rings. The van der Waals surface area contributed by atoms with E-state index in [0.717, 1.165) is 12.1 Å². The Morgan fingerprint density at radius 1 is 1.22 bits per heavy atom. The van der Waals surface area contributed by atoms with Crippen LogP contribution < -0.4 is 5.32 Å². The number of amides is 1. The summed E-state index contributed by atoms with van der Waals surface area (Å²) in [4.78, 5) is 12.4. The zero-order valence-electron chi connectivity index (χ0n) is 12.8. The summed E-state index contributed by atoms with van der Waals surface area (Å²) in [6.07, 6.45) is 0. The van der Waals surface area contributed by atoms with Crippen LogP contribution in [0.4, 0.5) is 4.39 Å². The van der Waals surface area contributed by atoms with Gasteiger partial charge >= 0.3 is 0 Å². The van der Waals surface area contributed by atoms with Gasteiger partial charge in [-0.2, -0.15) is 0 Å². The molecule has 1 amide bonds. The molecule has 0 saturated heterocycles. The average molecular weight is 355 g/mol. The third-order valence-electron chi connectivity index (χ3n) is 3.36. The van der Waals surface area contributed by atoms with Gasteiger partial charge in [-0.3, -0.25) is 4.79 Å². The van der Waals surface area contributed by atoms with Crippen molar-refractivity contribution in [1.29, 1.82) is 0 Å². The predicted molar refractivity (Wildman–Crippen MR) is 88.5 cm³/mol. The molecule has 124 valence electrons. The second-order valence-corrected chi connectivity index (χ2v) is 8.51. The molecular formula is C16H18FNO3S2. The molecule has 0 fully saturated rings. The van der Waals surface area contributed by atoms with Gasteiger partial charge in [0.05, 0.1) is 4.90 Å². The van der Waals surface area contributed by atoms with Crippen LogP contribution >= 0.6 is 11.3 Å². The van der Waals surface area contributed by atoms with E-state index in [1.165, 1.54) is 23.5 Å². The van der Waals surface area contributed by atoms with Crippen molar-refractivity contribution in [2.24, 2.45) is 5.92 Å². The molecule has 1 N–H and O–H groups in total. The van der Waals surface area contributed by atoms with E-state index in [0.29, 0.717) is 4.88 Å². The Bertz CT molecular complexity index is 753. The minimum Gasteiger partial charge on any atom is -0.354 e. The first-order valence-corrected chi connectivity index (χ1v) is 9.55. The van der Waals surface area contributed by atoms with E-state index in [-0.39, 0.29) is 23.3 Å². The number of halogens is 1. The molecule has 23 heavy (non-hydrogen) atoms. The van der Waals surface area contributed by atoms with E-state index < -0.39 is 20.9 Å². The number of benzene rings is 1. The Balaban J connectivity index is 2.33. The zero-order valence-corrected chi connectivity index (χ0v) is 14.5. The van der Waals surface area contributed by atoms with Crippen LogP contribution in [-0.2, 0) is 14.6 Å². The van der Waals surface area contributed by atoms with Crippen LogP contribution in [0, 0.1) is 11.7 Å². The Hall–Kier alpha value is -1.73. The molecule has 2 aromatic rings. The number of hydrogen-bond acceptors (Lipinski definition) is 4. The summed E-state index contributed by atoms with van der Waals surface area (Å²) in [5.74, 6) is -0.932. The maximum Gasteiger partial charge on any atom is 0.222 e. The lowest BCUT2D eigenvalue weighted by Gasteiger charge is -2.18. The van der Waals surface area contributed by atoms with Crippen molar-refractivity contribution in [2.75, 3.05) is 6.54 Å². The fraction of sp³-hybridized carbons (Fsp3) is 0.312. The topological polar surface area (TPSA) is 63.2 Å². The highest BCUT2D eigenvalue weighted by molar-refractivity contribution is 7.91. The Morgan fingerprint density at radius 2 is 1.87 bits per heavy atom. The maximum atomic E-state index is 13.0. The molecule has 1 aromatic heterocycles. The van der Waals surface area contributed by atoms with Gasteiger partial charge in [-0.25, -0.2) is 12.8 Å². The lowest BCUT2D eigenvalue weighted by Crippen LogP contribution is -2.34. The van der Waals surface area contributed by atoms with Crippen LogP contribution in [0.1, 0.15) is 24.0 Å². The normalized spacial score (nSPS) is 13.0. The molecule has 0 bridgehead atoms. The Morgan fingerprint density at radius 3 is 2.39 bits per heavy atom. The van der Waals surface area contributed by atoms with Gasteiger partial charge < -0.3 is 5.32 Å². The maximum absolute atomic E-state index is 13.0. The van der Waals surface area contributed by atoms with E-state index in [1.807, 2.05) is 0 Å². The molecule has 7 heteroatoms. The van der Waals surface area contributed by atoms with Crippen molar-refractivity contribution < 1.29 is 17.6 Å². The molecule has 0 aliphatic heterocycles. The molecule has 0 radical (unpaired) electrons. The minimum absolute atomic E-state index is 0.0166.